The Morgan fingerprint density at radius 2 is 2.44 bits per heavy atom. The van der Waals surface area contributed by atoms with E-state index in [1.54, 1.807) is 0 Å². The average Bonchev–Trinajstić information content (AvgIpc) is 2.78. The smallest absolute Gasteiger partial charge is 0.140 e. The van der Waals surface area contributed by atoms with Crippen molar-refractivity contribution in [2.24, 2.45) is 0 Å². The van der Waals surface area contributed by atoms with E-state index >= 15 is 0 Å². The Morgan fingerprint density at radius 3 is 3.12 bits per heavy atom. The fraction of sp³-hybridized carbons (Fsp3) is 0.583. The number of halogens is 1. The van der Waals surface area contributed by atoms with E-state index in [0.29, 0.717) is 12.1 Å². The van der Waals surface area contributed by atoms with Crippen molar-refractivity contribution in [3.05, 3.63) is 22.3 Å². The summed E-state index contributed by atoms with van der Waals surface area (Å²) in [6.45, 7) is 5.10. The quantitative estimate of drug-likeness (QED) is 0.926. The second-order valence-electron chi connectivity index (χ2n) is 4.27. The Labute approximate surface area is 105 Å². The summed E-state index contributed by atoms with van der Waals surface area (Å²) >= 11 is 3.55. The van der Waals surface area contributed by atoms with Gasteiger partial charge in [-0.3, -0.25) is 0 Å². The summed E-state index contributed by atoms with van der Waals surface area (Å²) in [5.41, 5.74) is 1.19. The number of aryl methyl sites for hydroxylation is 1. The van der Waals surface area contributed by atoms with Gasteiger partial charge in [0.15, 0.2) is 0 Å². The molecule has 0 aromatic carbocycles. The number of rotatable bonds is 3. The molecule has 1 aromatic heterocycles. The predicted molar refractivity (Wildman–Crippen MR) is 68.7 cm³/mol. The van der Waals surface area contributed by atoms with E-state index in [2.05, 4.69) is 40.1 Å². The second-order valence-corrected chi connectivity index (χ2v) is 5.07. The molecule has 0 spiro atoms. The minimum Gasteiger partial charge on any atom is -0.376 e. The summed E-state index contributed by atoms with van der Waals surface area (Å²) in [5, 5.41) is 3.41. The van der Waals surface area contributed by atoms with Gasteiger partial charge in [0.1, 0.15) is 5.82 Å². The molecule has 0 amide bonds. The van der Waals surface area contributed by atoms with Gasteiger partial charge in [0.25, 0.3) is 0 Å². The van der Waals surface area contributed by atoms with Gasteiger partial charge in [-0.05, 0) is 54.2 Å². The molecule has 1 fully saturated rings. The molecule has 3 nitrogen and oxygen atoms in total. The summed E-state index contributed by atoms with van der Waals surface area (Å²) < 4.78 is 6.69. The molecule has 4 heteroatoms. The fourth-order valence-corrected chi connectivity index (χ4v) is 2.30. The number of anilines is 1. The third-order valence-electron chi connectivity index (χ3n) is 2.97. The molecule has 1 aromatic rings. The maximum Gasteiger partial charge on any atom is 0.140 e. The van der Waals surface area contributed by atoms with Crippen molar-refractivity contribution < 1.29 is 4.74 Å². The molecular formula is C12H17BrN2O. The summed E-state index contributed by atoms with van der Waals surface area (Å²) in [5.74, 6) is 0.906. The Kier molecular flexibility index (Phi) is 3.82. The number of ether oxygens (including phenoxy) is 1. The van der Waals surface area contributed by atoms with Crippen LogP contribution < -0.4 is 5.32 Å². The molecule has 2 unspecified atom stereocenters. The lowest BCUT2D eigenvalue weighted by molar-refractivity contribution is 0.0995. The molecule has 2 rings (SSSR count). The van der Waals surface area contributed by atoms with Crippen LogP contribution in [0.2, 0.25) is 0 Å². The van der Waals surface area contributed by atoms with Gasteiger partial charge in [0, 0.05) is 12.8 Å². The Hall–Kier alpha value is -0.610. The zero-order valence-electron chi connectivity index (χ0n) is 9.66. The molecule has 1 N–H and O–H groups in total. The highest BCUT2D eigenvalue weighted by Crippen LogP contribution is 2.25. The number of nitrogens with zero attached hydrogens (tertiary/aromatic N) is 1. The van der Waals surface area contributed by atoms with Crippen molar-refractivity contribution in [1.29, 1.82) is 0 Å². The van der Waals surface area contributed by atoms with Gasteiger partial charge in [-0.25, -0.2) is 4.98 Å². The number of pyridine rings is 1. The third-order valence-corrected chi connectivity index (χ3v) is 3.97. The first-order valence-corrected chi connectivity index (χ1v) is 6.47. The fourth-order valence-electron chi connectivity index (χ4n) is 1.95. The maximum atomic E-state index is 5.65. The molecule has 88 valence electrons. The molecule has 0 radical (unpaired) electrons. The van der Waals surface area contributed by atoms with E-state index in [4.69, 9.17) is 4.74 Å². The number of aromatic nitrogens is 1. The van der Waals surface area contributed by atoms with Crippen LogP contribution in [-0.4, -0.2) is 23.7 Å². The highest BCUT2D eigenvalue weighted by Gasteiger charge is 2.23. The first-order chi connectivity index (χ1) is 7.68. The summed E-state index contributed by atoms with van der Waals surface area (Å²) in [6.07, 6.45) is 4.44. The summed E-state index contributed by atoms with van der Waals surface area (Å²) in [7, 11) is 0. The first kappa shape index (κ1) is 11.9. The van der Waals surface area contributed by atoms with Gasteiger partial charge in [-0.2, -0.15) is 0 Å². The molecule has 1 aliphatic heterocycles. The molecule has 0 bridgehead atoms. The van der Waals surface area contributed by atoms with Crippen molar-refractivity contribution in [2.45, 2.75) is 38.8 Å². The van der Waals surface area contributed by atoms with Crippen molar-refractivity contribution >= 4 is 21.7 Å². The standard InChI is InChI=1S/C12H17BrN2O/c1-8-5-6-14-12(11(8)13)15-9(2)10-4-3-7-16-10/h5-6,9-10H,3-4,7H2,1-2H3,(H,14,15). The minimum atomic E-state index is 0.299. The van der Waals surface area contributed by atoms with E-state index in [1.807, 2.05) is 12.3 Å². The average molecular weight is 285 g/mol. The first-order valence-electron chi connectivity index (χ1n) is 5.67. The van der Waals surface area contributed by atoms with E-state index in [-0.39, 0.29) is 0 Å². The van der Waals surface area contributed by atoms with Gasteiger partial charge in [0.05, 0.1) is 16.6 Å². The SMILES string of the molecule is Cc1ccnc(NC(C)C2CCCO2)c1Br. The van der Waals surface area contributed by atoms with Crippen molar-refractivity contribution in [1.82, 2.24) is 4.98 Å². The Balaban J connectivity index is 2.05. The summed E-state index contributed by atoms with van der Waals surface area (Å²) in [6, 6.07) is 2.29. The van der Waals surface area contributed by atoms with Crippen LogP contribution in [0.25, 0.3) is 0 Å². The van der Waals surface area contributed by atoms with Crippen LogP contribution in [0.5, 0.6) is 0 Å². The molecule has 16 heavy (non-hydrogen) atoms. The Morgan fingerprint density at radius 1 is 1.62 bits per heavy atom. The van der Waals surface area contributed by atoms with Gasteiger partial charge in [-0.1, -0.05) is 0 Å². The van der Waals surface area contributed by atoms with E-state index in [1.165, 1.54) is 12.0 Å². The predicted octanol–water partition coefficient (Wildman–Crippen LogP) is 3.13. The van der Waals surface area contributed by atoms with E-state index in [9.17, 15) is 0 Å². The summed E-state index contributed by atoms with van der Waals surface area (Å²) in [4.78, 5) is 4.34. The second kappa shape index (κ2) is 5.15. The number of hydrogen-bond donors (Lipinski definition) is 1. The lowest BCUT2D eigenvalue weighted by atomic mass is 10.1. The topological polar surface area (TPSA) is 34.2 Å². The van der Waals surface area contributed by atoms with Gasteiger partial charge >= 0.3 is 0 Å². The molecule has 1 aliphatic rings. The molecular weight excluding hydrogens is 268 g/mol. The maximum absolute atomic E-state index is 5.65. The van der Waals surface area contributed by atoms with Crippen LogP contribution in [0.15, 0.2) is 16.7 Å². The van der Waals surface area contributed by atoms with Gasteiger partial charge in [-0.15, -0.1) is 0 Å². The Bertz CT molecular complexity index is 364. The largest absolute Gasteiger partial charge is 0.376 e. The van der Waals surface area contributed by atoms with Crippen LogP contribution in [0, 0.1) is 6.92 Å². The lowest BCUT2D eigenvalue weighted by Gasteiger charge is -2.21. The van der Waals surface area contributed by atoms with Crippen LogP contribution in [0.4, 0.5) is 5.82 Å². The third kappa shape index (κ3) is 2.55. The van der Waals surface area contributed by atoms with Crippen LogP contribution >= 0.6 is 15.9 Å². The molecule has 2 heterocycles. The monoisotopic (exact) mass is 284 g/mol. The normalized spacial score (nSPS) is 22.1. The van der Waals surface area contributed by atoms with Crippen LogP contribution in [0.3, 0.4) is 0 Å². The van der Waals surface area contributed by atoms with Crippen molar-refractivity contribution in [3.63, 3.8) is 0 Å². The van der Waals surface area contributed by atoms with E-state index in [0.717, 1.165) is 23.3 Å². The lowest BCUT2D eigenvalue weighted by Crippen LogP contribution is -2.30. The van der Waals surface area contributed by atoms with Crippen LogP contribution in [-0.2, 0) is 4.74 Å². The van der Waals surface area contributed by atoms with Gasteiger partial charge in [0.2, 0.25) is 0 Å². The zero-order chi connectivity index (χ0) is 11.5. The van der Waals surface area contributed by atoms with Crippen LogP contribution in [0.1, 0.15) is 25.3 Å². The van der Waals surface area contributed by atoms with Crippen molar-refractivity contribution in [2.75, 3.05) is 11.9 Å². The van der Waals surface area contributed by atoms with Gasteiger partial charge < -0.3 is 10.1 Å². The van der Waals surface area contributed by atoms with Crippen molar-refractivity contribution in [3.8, 4) is 0 Å². The highest BCUT2D eigenvalue weighted by atomic mass is 79.9. The minimum absolute atomic E-state index is 0.299. The number of hydrogen-bond acceptors (Lipinski definition) is 3. The molecule has 2 atom stereocenters. The number of nitrogens with one attached hydrogen (secondary N) is 1. The molecule has 0 aliphatic carbocycles. The van der Waals surface area contributed by atoms with E-state index < -0.39 is 0 Å². The molecule has 1 saturated heterocycles. The zero-order valence-corrected chi connectivity index (χ0v) is 11.3. The molecule has 0 saturated carbocycles. The highest BCUT2D eigenvalue weighted by molar-refractivity contribution is 9.10.